The van der Waals surface area contributed by atoms with Crippen molar-refractivity contribution >= 4 is 53.0 Å². The van der Waals surface area contributed by atoms with Crippen molar-refractivity contribution in [2.75, 3.05) is 13.1 Å². The number of aromatic nitrogens is 2. The molecule has 1 aromatic heterocycles. The van der Waals surface area contributed by atoms with Crippen LogP contribution in [-0.2, 0) is 22.7 Å². The largest absolute Gasteiger partial charge is 0.450 e. The van der Waals surface area contributed by atoms with Gasteiger partial charge in [0.15, 0.2) is 9.88 Å². The Morgan fingerprint density at radius 2 is 1.41 bits per heavy atom. The third kappa shape index (κ3) is 3.19. The summed E-state index contributed by atoms with van der Waals surface area (Å²) >= 11 is 17.2. The molecule has 34 heavy (non-hydrogen) atoms. The highest BCUT2D eigenvalue weighted by Gasteiger charge is 2.67. The molecule has 11 heteroatoms. The van der Waals surface area contributed by atoms with E-state index in [0.717, 1.165) is 0 Å². The van der Waals surface area contributed by atoms with Crippen LogP contribution < -0.4 is 10.3 Å². The molecule has 2 amide bonds. The second-order valence-corrected chi connectivity index (χ2v) is 9.17. The normalized spacial score (nSPS) is 19.1. The molecule has 2 aromatic rings. The van der Waals surface area contributed by atoms with Crippen LogP contribution in [0.3, 0.4) is 0 Å². The SMILES string of the molecule is CCN1C(=O)C2(Oc3c(c(=O)n(CC)c(=S)n3CC)C2c2ccc(Cl)cc2)C(=O)N(CC)C1=S. The molecule has 2 aliphatic heterocycles. The molecule has 8 nitrogen and oxygen atoms in total. The molecule has 1 fully saturated rings. The molecule has 4 rings (SSSR count). The van der Waals surface area contributed by atoms with Crippen molar-refractivity contribution in [2.24, 2.45) is 0 Å². The van der Waals surface area contributed by atoms with Crippen molar-refractivity contribution in [3.8, 4) is 5.88 Å². The maximum Gasteiger partial charge on any atom is 0.284 e. The van der Waals surface area contributed by atoms with Crippen LogP contribution in [0.1, 0.15) is 44.7 Å². The number of hydrogen-bond donors (Lipinski definition) is 0. The zero-order valence-corrected chi connectivity index (χ0v) is 21.7. The fraction of sp³-hybridized carbons (Fsp3) is 0.435. The van der Waals surface area contributed by atoms with E-state index >= 15 is 0 Å². The molecule has 0 radical (unpaired) electrons. The summed E-state index contributed by atoms with van der Waals surface area (Å²) in [4.78, 5) is 44.5. The Morgan fingerprint density at radius 1 is 0.882 bits per heavy atom. The van der Waals surface area contributed by atoms with E-state index in [-0.39, 0.29) is 40.0 Å². The first kappa shape index (κ1) is 24.6. The van der Waals surface area contributed by atoms with Crippen LogP contribution in [-0.4, -0.2) is 54.6 Å². The van der Waals surface area contributed by atoms with Gasteiger partial charge in [0.1, 0.15) is 0 Å². The Kier molecular flexibility index (Phi) is 6.43. The number of ether oxygens (including phenoxy) is 1. The van der Waals surface area contributed by atoms with Gasteiger partial charge in [-0.2, -0.15) is 0 Å². The summed E-state index contributed by atoms with van der Waals surface area (Å²) in [5.41, 5.74) is -1.63. The maximum atomic E-state index is 14.0. The number of rotatable bonds is 5. The average molecular weight is 521 g/mol. The standard InChI is InChI=1S/C23H25ClN4O4S2/c1-5-25-17(29)15-16(13-9-11-14(24)12-10-13)23(32-18(15)26(6-2)21(25)33)19(30)27(7-3)22(34)28(8-4)20(23)31/h9-12,16H,5-8H2,1-4H3. The summed E-state index contributed by atoms with van der Waals surface area (Å²) in [7, 11) is 0. The fourth-order valence-electron chi connectivity index (χ4n) is 4.79. The summed E-state index contributed by atoms with van der Waals surface area (Å²) in [6.07, 6.45) is 0. The number of halogens is 1. The highest BCUT2D eigenvalue weighted by Crippen LogP contribution is 2.50. The zero-order chi connectivity index (χ0) is 24.9. The summed E-state index contributed by atoms with van der Waals surface area (Å²) < 4.78 is 9.75. The van der Waals surface area contributed by atoms with Crippen LogP contribution in [0, 0.1) is 4.77 Å². The average Bonchev–Trinajstić information content (AvgIpc) is 3.17. The van der Waals surface area contributed by atoms with Crippen LogP contribution >= 0.6 is 36.0 Å². The molecule has 1 atom stereocenters. The number of thiocarbonyl (C=S) groups is 1. The van der Waals surface area contributed by atoms with Crippen LogP contribution in [0.5, 0.6) is 5.88 Å². The molecule has 0 N–H and O–H groups in total. The van der Waals surface area contributed by atoms with E-state index in [2.05, 4.69) is 0 Å². The quantitative estimate of drug-likeness (QED) is 0.444. The summed E-state index contributed by atoms with van der Waals surface area (Å²) in [6.45, 7) is 8.45. The Hall–Kier alpha value is -2.56. The van der Waals surface area contributed by atoms with Crippen molar-refractivity contribution in [3.05, 3.63) is 55.5 Å². The minimum atomic E-state index is -2.03. The van der Waals surface area contributed by atoms with Crippen LogP contribution in [0.25, 0.3) is 0 Å². The third-order valence-corrected chi connectivity index (χ3v) is 7.56. The van der Waals surface area contributed by atoms with Crippen molar-refractivity contribution in [3.63, 3.8) is 0 Å². The van der Waals surface area contributed by atoms with Gasteiger partial charge in [-0.3, -0.25) is 33.3 Å². The first-order valence-electron chi connectivity index (χ1n) is 11.2. The highest BCUT2D eigenvalue weighted by molar-refractivity contribution is 7.80. The van der Waals surface area contributed by atoms with Gasteiger partial charge in [0, 0.05) is 31.2 Å². The lowest BCUT2D eigenvalue weighted by Gasteiger charge is -2.45. The lowest BCUT2D eigenvalue weighted by Crippen LogP contribution is -2.71. The fourth-order valence-corrected chi connectivity index (χ4v) is 5.77. The Morgan fingerprint density at radius 3 is 1.88 bits per heavy atom. The molecule has 3 heterocycles. The second-order valence-electron chi connectivity index (χ2n) is 8.00. The zero-order valence-electron chi connectivity index (χ0n) is 19.3. The molecule has 1 unspecified atom stereocenters. The van der Waals surface area contributed by atoms with Gasteiger partial charge in [-0.15, -0.1) is 0 Å². The number of fused-ring (bicyclic) bond motifs is 1. The molecule has 1 spiro atoms. The minimum Gasteiger partial charge on any atom is -0.450 e. The molecule has 2 aliphatic rings. The van der Waals surface area contributed by atoms with Crippen LogP contribution in [0.2, 0.25) is 5.02 Å². The van der Waals surface area contributed by atoms with Crippen molar-refractivity contribution in [1.82, 2.24) is 18.9 Å². The van der Waals surface area contributed by atoms with Gasteiger partial charge in [0.05, 0.1) is 11.5 Å². The van der Waals surface area contributed by atoms with Gasteiger partial charge < -0.3 is 4.74 Å². The van der Waals surface area contributed by atoms with E-state index in [1.807, 2.05) is 13.8 Å². The van der Waals surface area contributed by atoms with E-state index in [1.165, 1.54) is 14.4 Å². The second kappa shape index (κ2) is 8.90. The lowest BCUT2D eigenvalue weighted by molar-refractivity contribution is -0.163. The predicted molar refractivity (Wildman–Crippen MR) is 135 cm³/mol. The van der Waals surface area contributed by atoms with E-state index < -0.39 is 23.3 Å². The molecule has 1 saturated heterocycles. The number of likely N-dealkylation sites (N-methyl/N-ethyl adjacent to an activating group) is 2. The number of amides is 2. The molecular formula is C23H25ClN4O4S2. The van der Waals surface area contributed by atoms with E-state index in [0.29, 0.717) is 23.7 Å². The summed E-state index contributed by atoms with van der Waals surface area (Å²) in [6, 6.07) is 6.74. The van der Waals surface area contributed by atoms with Gasteiger partial charge in [-0.05, 0) is 69.8 Å². The summed E-state index contributed by atoms with van der Waals surface area (Å²) in [5.74, 6) is -2.06. The van der Waals surface area contributed by atoms with E-state index in [4.69, 9.17) is 40.8 Å². The third-order valence-electron chi connectivity index (χ3n) is 6.42. The number of carbonyl (C=O) groups is 2. The monoisotopic (exact) mass is 520 g/mol. The number of benzene rings is 1. The predicted octanol–water partition coefficient (Wildman–Crippen LogP) is 3.33. The summed E-state index contributed by atoms with van der Waals surface area (Å²) in [5, 5.41) is 0.610. The first-order chi connectivity index (χ1) is 16.2. The van der Waals surface area contributed by atoms with Gasteiger partial charge in [0.2, 0.25) is 5.88 Å². The Labute approximate surface area is 212 Å². The van der Waals surface area contributed by atoms with Gasteiger partial charge in [-0.1, -0.05) is 23.7 Å². The number of nitrogens with zero attached hydrogens (tertiary/aromatic N) is 4. The van der Waals surface area contributed by atoms with Gasteiger partial charge >= 0.3 is 0 Å². The van der Waals surface area contributed by atoms with E-state index in [9.17, 15) is 14.4 Å². The maximum absolute atomic E-state index is 14.0. The topological polar surface area (TPSA) is 76.8 Å². The highest BCUT2D eigenvalue weighted by atomic mass is 35.5. The van der Waals surface area contributed by atoms with E-state index in [1.54, 1.807) is 42.7 Å². The first-order valence-corrected chi connectivity index (χ1v) is 12.4. The Bertz CT molecular complexity index is 1290. The number of hydrogen-bond acceptors (Lipinski definition) is 6. The van der Waals surface area contributed by atoms with Crippen LogP contribution in [0.15, 0.2) is 29.1 Å². The molecule has 0 bridgehead atoms. The minimum absolute atomic E-state index is 0.123. The lowest BCUT2D eigenvalue weighted by atomic mass is 9.77. The van der Waals surface area contributed by atoms with Gasteiger partial charge in [0.25, 0.3) is 23.0 Å². The Balaban J connectivity index is 2.13. The van der Waals surface area contributed by atoms with Crippen molar-refractivity contribution in [2.45, 2.75) is 52.3 Å². The molecule has 1 aromatic carbocycles. The van der Waals surface area contributed by atoms with Crippen molar-refractivity contribution < 1.29 is 14.3 Å². The molecule has 0 aliphatic carbocycles. The van der Waals surface area contributed by atoms with Crippen LogP contribution in [0.4, 0.5) is 0 Å². The number of carbonyl (C=O) groups excluding carboxylic acids is 2. The smallest absolute Gasteiger partial charge is 0.284 e. The molecule has 180 valence electrons. The molecular weight excluding hydrogens is 496 g/mol. The van der Waals surface area contributed by atoms with Gasteiger partial charge in [-0.25, -0.2) is 0 Å². The molecule has 0 saturated carbocycles. The van der Waals surface area contributed by atoms with Crippen molar-refractivity contribution in [1.29, 1.82) is 0 Å².